The van der Waals surface area contributed by atoms with E-state index < -0.39 is 0 Å². The van der Waals surface area contributed by atoms with Gasteiger partial charge < -0.3 is 16.4 Å². The average molecular weight is 308 g/mol. The minimum Gasteiger partial charge on any atom is -0.397 e. The minimum absolute atomic E-state index is 0.137. The van der Waals surface area contributed by atoms with Crippen LogP contribution in [0.25, 0.3) is 0 Å². The Morgan fingerprint density at radius 1 is 1.67 bits per heavy atom. The first-order valence-electron chi connectivity index (χ1n) is 7.42. The number of likely N-dealkylation sites (N-methyl/N-ethyl adjacent to an activating group) is 1. The first kappa shape index (κ1) is 15.9. The van der Waals surface area contributed by atoms with E-state index in [0.29, 0.717) is 23.2 Å². The van der Waals surface area contributed by atoms with Gasteiger partial charge in [0.25, 0.3) is 5.91 Å². The number of carbonyl (C=O) groups excluding carboxylic acids is 1. The van der Waals surface area contributed by atoms with E-state index in [2.05, 4.69) is 29.0 Å². The van der Waals surface area contributed by atoms with Gasteiger partial charge in [0.15, 0.2) is 0 Å². The van der Waals surface area contributed by atoms with E-state index in [9.17, 15) is 4.79 Å². The predicted molar refractivity (Wildman–Crippen MR) is 90.0 cm³/mol. The molecule has 0 radical (unpaired) electrons. The fourth-order valence-corrected chi connectivity index (χ4v) is 3.58. The van der Waals surface area contributed by atoms with E-state index >= 15 is 0 Å². The van der Waals surface area contributed by atoms with Gasteiger partial charge in [-0.25, -0.2) is 0 Å². The van der Waals surface area contributed by atoms with Gasteiger partial charge in [0.05, 0.1) is 10.7 Å². The van der Waals surface area contributed by atoms with Crippen molar-refractivity contribution in [3.8, 4) is 0 Å². The van der Waals surface area contributed by atoms with Crippen LogP contribution in [-0.4, -0.2) is 43.0 Å². The first-order chi connectivity index (χ1) is 10.2. The molecule has 1 aromatic rings. The fraction of sp³-hybridized carbons (Fsp3) is 0.533. The van der Waals surface area contributed by atoms with Crippen LogP contribution in [0.5, 0.6) is 0 Å². The third kappa shape index (κ3) is 3.98. The van der Waals surface area contributed by atoms with Crippen LogP contribution in [-0.2, 0) is 0 Å². The quantitative estimate of drug-likeness (QED) is 0.675. The smallest absolute Gasteiger partial charge is 0.263 e. The number of likely N-dealkylation sites (tertiary alicyclic amines) is 1. The topological polar surface area (TPSA) is 70.4 Å². The molecule has 0 spiro atoms. The number of nitrogens with zero attached hydrogens (tertiary/aromatic N) is 1. The zero-order valence-electron chi connectivity index (χ0n) is 12.5. The molecule has 1 aliphatic rings. The van der Waals surface area contributed by atoms with Crippen LogP contribution in [0.2, 0.25) is 0 Å². The van der Waals surface area contributed by atoms with Crippen LogP contribution in [0.3, 0.4) is 0 Å². The second kappa shape index (κ2) is 7.47. The maximum absolute atomic E-state index is 11.9. The molecule has 4 N–H and O–H groups in total. The van der Waals surface area contributed by atoms with Crippen molar-refractivity contribution >= 4 is 27.9 Å². The lowest BCUT2D eigenvalue weighted by Gasteiger charge is -2.22. The van der Waals surface area contributed by atoms with Crippen molar-refractivity contribution in [2.24, 2.45) is 0 Å². The molecular weight excluding hydrogens is 284 g/mol. The lowest BCUT2D eigenvalue weighted by Crippen LogP contribution is -2.34. The second-order valence-electron chi connectivity index (χ2n) is 5.20. The molecule has 1 saturated heterocycles. The molecule has 1 unspecified atom stereocenters. The normalized spacial score (nSPS) is 18.6. The highest BCUT2D eigenvalue weighted by molar-refractivity contribution is 7.18. The SMILES string of the molecule is C=CCNC(=O)c1sc(NCC2CCCN2CC)cc1N. The monoisotopic (exact) mass is 308 g/mol. The Morgan fingerprint density at radius 2 is 2.48 bits per heavy atom. The van der Waals surface area contributed by atoms with Gasteiger partial charge in [-0.15, -0.1) is 17.9 Å². The lowest BCUT2D eigenvalue weighted by atomic mass is 10.2. The minimum atomic E-state index is -0.137. The number of thiophene rings is 1. The number of hydrogen-bond donors (Lipinski definition) is 3. The number of anilines is 2. The standard InChI is InChI=1S/C15H24N4OS/c1-3-7-17-15(20)14-12(16)9-13(21-14)18-10-11-6-5-8-19(11)4-2/h3,9,11,18H,1,4-8,10,16H2,2H3,(H,17,20). The molecule has 0 saturated carbocycles. The van der Waals surface area contributed by atoms with Crippen LogP contribution < -0.4 is 16.4 Å². The summed E-state index contributed by atoms with van der Waals surface area (Å²) in [6.07, 6.45) is 4.15. The maximum atomic E-state index is 11.9. The highest BCUT2D eigenvalue weighted by Crippen LogP contribution is 2.29. The van der Waals surface area contributed by atoms with Gasteiger partial charge in [0.2, 0.25) is 0 Å². The van der Waals surface area contributed by atoms with Gasteiger partial charge >= 0.3 is 0 Å². The van der Waals surface area contributed by atoms with Crippen molar-refractivity contribution in [3.05, 3.63) is 23.6 Å². The molecule has 5 nitrogen and oxygen atoms in total. The average Bonchev–Trinajstić information content (AvgIpc) is 3.08. The summed E-state index contributed by atoms with van der Waals surface area (Å²) >= 11 is 1.41. The second-order valence-corrected chi connectivity index (χ2v) is 6.25. The summed E-state index contributed by atoms with van der Waals surface area (Å²) in [7, 11) is 0. The van der Waals surface area contributed by atoms with Crippen LogP contribution in [0.1, 0.15) is 29.4 Å². The summed E-state index contributed by atoms with van der Waals surface area (Å²) in [5.74, 6) is -0.137. The Morgan fingerprint density at radius 3 is 3.19 bits per heavy atom. The maximum Gasteiger partial charge on any atom is 0.263 e. The number of nitrogen functional groups attached to an aromatic ring is 1. The van der Waals surface area contributed by atoms with E-state index in [-0.39, 0.29) is 5.91 Å². The number of nitrogens with two attached hydrogens (primary N) is 1. The first-order valence-corrected chi connectivity index (χ1v) is 8.23. The summed E-state index contributed by atoms with van der Waals surface area (Å²) in [6, 6.07) is 2.43. The highest BCUT2D eigenvalue weighted by atomic mass is 32.1. The Hall–Kier alpha value is -1.53. The summed E-state index contributed by atoms with van der Waals surface area (Å²) in [4.78, 5) is 15.0. The van der Waals surface area contributed by atoms with Crippen molar-refractivity contribution in [3.63, 3.8) is 0 Å². The van der Waals surface area contributed by atoms with Gasteiger partial charge in [-0.05, 0) is 32.0 Å². The van der Waals surface area contributed by atoms with Crippen molar-refractivity contribution in [1.29, 1.82) is 0 Å². The van der Waals surface area contributed by atoms with Crippen LogP contribution in [0.4, 0.5) is 10.7 Å². The summed E-state index contributed by atoms with van der Waals surface area (Å²) in [5, 5.41) is 7.13. The van der Waals surface area contributed by atoms with Crippen molar-refractivity contribution in [2.45, 2.75) is 25.8 Å². The Kier molecular flexibility index (Phi) is 5.64. The number of amides is 1. The van der Waals surface area contributed by atoms with Gasteiger partial charge in [-0.2, -0.15) is 0 Å². The molecule has 0 aromatic carbocycles. The fourth-order valence-electron chi connectivity index (χ4n) is 2.68. The Bertz CT molecular complexity index is 500. The highest BCUT2D eigenvalue weighted by Gasteiger charge is 2.23. The zero-order chi connectivity index (χ0) is 15.2. The lowest BCUT2D eigenvalue weighted by molar-refractivity contribution is 0.0963. The van der Waals surface area contributed by atoms with E-state index in [1.165, 1.54) is 30.7 Å². The molecule has 1 amide bonds. The van der Waals surface area contributed by atoms with E-state index in [1.54, 1.807) is 6.08 Å². The molecular formula is C15H24N4OS. The van der Waals surface area contributed by atoms with Gasteiger partial charge in [-0.1, -0.05) is 13.0 Å². The molecule has 6 heteroatoms. The molecule has 21 heavy (non-hydrogen) atoms. The van der Waals surface area contributed by atoms with Crippen molar-refractivity contribution in [1.82, 2.24) is 10.2 Å². The van der Waals surface area contributed by atoms with Gasteiger partial charge in [-0.3, -0.25) is 9.69 Å². The number of hydrogen-bond acceptors (Lipinski definition) is 5. The molecule has 1 aromatic heterocycles. The van der Waals surface area contributed by atoms with Crippen LogP contribution in [0, 0.1) is 0 Å². The van der Waals surface area contributed by atoms with Crippen molar-refractivity contribution < 1.29 is 4.79 Å². The molecule has 1 atom stereocenters. The molecule has 2 rings (SSSR count). The number of nitrogens with one attached hydrogen (secondary N) is 2. The number of rotatable bonds is 7. The van der Waals surface area contributed by atoms with Crippen LogP contribution in [0.15, 0.2) is 18.7 Å². The van der Waals surface area contributed by atoms with Gasteiger partial charge in [0, 0.05) is 19.1 Å². The zero-order valence-corrected chi connectivity index (χ0v) is 13.3. The summed E-state index contributed by atoms with van der Waals surface area (Å²) in [5.41, 5.74) is 6.45. The third-order valence-electron chi connectivity index (χ3n) is 3.79. The molecule has 1 aliphatic heterocycles. The third-order valence-corrected chi connectivity index (χ3v) is 4.90. The Balaban J connectivity index is 1.92. The largest absolute Gasteiger partial charge is 0.397 e. The van der Waals surface area contributed by atoms with Crippen molar-refractivity contribution in [2.75, 3.05) is 37.2 Å². The van der Waals surface area contributed by atoms with E-state index in [4.69, 9.17) is 5.73 Å². The van der Waals surface area contributed by atoms with Crippen LogP contribution >= 0.6 is 11.3 Å². The summed E-state index contributed by atoms with van der Waals surface area (Å²) < 4.78 is 0. The molecule has 0 aliphatic carbocycles. The molecule has 2 heterocycles. The summed E-state index contributed by atoms with van der Waals surface area (Å²) in [6.45, 7) is 9.41. The van der Waals surface area contributed by atoms with E-state index in [1.807, 2.05) is 6.07 Å². The molecule has 0 bridgehead atoms. The molecule has 116 valence electrons. The van der Waals surface area contributed by atoms with Gasteiger partial charge in [0.1, 0.15) is 4.88 Å². The number of carbonyl (C=O) groups is 1. The predicted octanol–water partition coefficient (Wildman–Crippen LogP) is 2.14. The Labute approximate surface area is 130 Å². The molecule has 1 fully saturated rings. The van der Waals surface area contributed by atoms with E-state index in [0.717, 1.165) is 18.1 Å².